The number of nitrogens with two attached hydrogens (primary N) is 1. The minimum Gasteiger partial charge on any atom is -0.321 e. The first kappa shape index (κ1) is 17.3. The zero-order chi connectivity index (χ0) is 16.8. The Kier molecular flexibility index (Phi) is 4.37. The molecule has 1 heterocycles. The highest BCUT2D eigenvalue weighted by Gasteiger charge is 2.53. The standard InChI is InChI=1S/C14H17BrFN3O2S/c1-13(18,10-5-12(15)19-6-11(10)16)8-22(20,21)14(2,7-17)9-3-4-9/h5-6,9H,3-4,8,18H2,1-2H3/t13-,14?/m0/s1. The molecule has 0 saturated heterocycles. The molecule has 1 saturated carbocycles. The lowest BCUT2D eigenvalue weighted by Crippen LogP contribution is -2.48. The topological polar surface area (TPSA) is 96.8 Å². The third kappa shape index (κ3) is 3.03. The van der Waals surface area contributed by atoms with Crippen LogP contribution in [0.4, 0.5) is 4.39 Å². The van der Waals surface area contributed by atoms with Crippen molar-refractivity contribution in [1.82, 2.24) is 4.98 Å². The van der Waals surface area contributed by atoms with Crippen molar-refractivity contribution in [2.75, 3.05) is 5.75 Å². The maximum Gasteiger partial charge on any atom is 0.171 e. The van der Waals surface area contributed by atoms with Crippen LogP contribution in [0.3, 0.4) is 0 Å². The Labute approximate surface area is 137 Å². The third-order valence-corrected chi connectivity index (χ3v) is 7.28. The van der Waals surface area contributed by atoms with Crippen molar-refractivity contribution in [3.63, 3.8) is 0 Å². The SMILES string of the molecule is CC(C#N)(C1CC1)S(=O)(=O)C[C@](C)(N)c1cc(Br)ncc1F. The van der Waals surface area contributed by atoms with E-state index in [1.165, 1.54) is 19.9 Å². The first-order chi connectivity index (χ1) is 10.0. The summed E-state index contributed by atoms with van der Waals surface area (Å²) in [6.45, 7) is 2.87. The van der Waals surface area contributed by atoms with E-state index in [9.17, 15) is 18.1 Å². The van der Waals surface area contributed by atoms with Crippen LogP contribution in [-0.4, -0.2) is 23.9 Å². The highest BCUT2D eigenvalue weighted by atomic mass is 79.9. The highest BCUT2D eigenvalue weighted by molar-refractivity contribution is 9.10. The van der Waals surface area contributed by atoms with E-state index in [4.69, 9.17) is 5.73 Å². The van der Waals surface area contributed by atoms with Gasteiger partial charge in [-0.2, -0.15) is 5.26 Å². The molecule has 1 aromatic rings. The van der Waals surface area contributed by atoms with E-state index in [1.807, 2.05) is 6.07 Å². The number of rotatable bonds is 5. The number of halogens is 2. The molecular weight excluding hydrogens is 373 g/mol. The van der Waals surface area contributed by atoms with E-state index in [1.54, 1.807) is 0 Å². The molecule has 0 radical (unpaired) electrons. The van der Waals surface area contributed by atoms with Crippen LogP contribution in [0.5, 0.6) is 0 Å². The van der Waals surface area contributed by atoms with Crippen LogP contribution in [0, 0.1) is 23.1 Å². The number of hydrogen-bond donors (Lipinski definition) is 1. The Morgan fingerprint density at radius 2 is 2.14 bits per heavy atom. The van der Waals surface area contributed by atoms with Gasteiger partial charge in [0.1, 0.15) is 10.4 Å². The van der Waals surface area contributed by atoms with Gasteiger partial charge in [-0.1, -0.05) is 0 Å². The molecule has 1 fully saturated rings. The summed E-state index contributed by atoms with van der Waals surface area (Å²) < 4.78 is 38.2. The van der Waals surface area contributed by atoms with Gasteiger partial charge in [-0.05, 0) is 54.6 Å². The first-order valence-corrected chi connectivity index (χ1v) is 9.22. The lowest BCUT2D eigenvalue weighted by atomic mass is 9.96. The average Bonchev–Trinajstić information content (AvgIpc) is 3.23. The monoisotopic (exact) mass is 389 g/mol. The molecule has 1 unspecified atom stereocenters. The van der Waals surface area contributed by atoms with E-state index in [0.29, 0.717) is 17.4 Å². The molecule has 0 aliphatic heterocycles. The fraction of sp³-hybridized carbons (Fsp3) is 0.571. The Bertz CT molecular complexity index is 741. The van der Waals surface area contributed by atoms with Gasteiger partial charge >= 0.3 is 0 Å². The Hall–Kier alpha value is -1.04. The molecular formula is C14H17BrFN3O2S. The van der Waals surface area contributed by atoms with Crippen LogP contribution in [0.2, 0.25) is 0 Å². The minimum absolute atomic E-state index is 0.0500. The third-order valence-electron chi connectivity index (χ3n) is 4.15. The molecule has 22 heavy (non-hydrogen) atoms. The number of nitriles is 1. The number of aromatic nitrogens is 1. The minimum atomic E-state index is -3.83. The summed E-state index contributed by atoms with van der Waals surface area (Å²) in [6.07, 6.45) is 2.40. The molecule has 0 aromatic carbocycles. The van der Waals surface area contributed by atoms with Crippen molar-refractivity contribution in [2.24, 2.45) is 11.7 Å². The lowest BCUT2D eigenvalue weighted by molar-refractivity contribution is 0.477. The summed E-state index contributed by atoms with van der Waals surface area (Å²) in [7, 11) is -3.83. The number of hydrogen-bond acceptors (Lipinski definition) is 5. The summed E-state index contributed by atoms with van der Waals surface area (Å²) in [5.74, 6) is -1.35. The Balaban J connectivity index is 2.39. The zero-order valence-corrected chi connectivity index (χ0v) is 14.7. The van der Waals surface area contributed by atoms with E-state index < -0.39 is 31.7 Å². The van der Waals surface area contributed by atoms with Crippen molar-refractivity contribution in [3.05, 3.63) is 28.2 Å². The first-order valence-electron chi connectivity index (χ1n) is 6.77. The van der Waals surface area contributed by atoms with Gasteiger partial charge in [0.15, 0.2) is 14.6 Å². The predicted molar refractivity (Wildman–Crippen MR) is 84.0 cm³/mol. The second kappa shape index (κ2) is 5.55. The van der Waals surface area contributed by atoms with Crippen molar-refractivity contribution in [2.45, 2.75) is 37.0 Å². The van der Waals surface area contributed by atoms with E-state index in [0.717, 1.165) is 6.20 Å². The number of nitrogens with zero attached hydrogens (tertiary/aromatic N) is 2. The summed E-state index contributed by atoms with van der Waals surface area (Å²) >= 11 is 3.12. The number of sulfone groups is 1. The second-order valence-electron chi connectivity index (χ2n) is 6.16. The van der Waals surface area contributed by atoms with Gasteiger partial charge in [-0.15, -0.1) is 0 Å². The molecule has 5 nitrogen and oxygen atoms in total. The van der Waals surface area contributed by atoms with Crippen molar-refractivity contribution >= 4 is 25.8 Å². The van der Waals surface area contributed by atoms with Crippen LogP contribution >= 0.6 is 15.9 Å². The average molecular weight is 390 g/mol. The molecule has 0 bridgehead atoms. The molecule has 8 heteroatoms. The second-order valence-corrected chi connectivity index (χ2v) is 9.34. The summed E-state index contributed by atoms with van der Waals surface area (Å²) in [5, 5.41) is 9.34. The fourth-order valence-corrected chi connectivity index (χ4v) is 4.98. The largest absolute Gasteiger partial charge is 0.321 e. The van der Waals surface area contributed by atoms with Crippen LogP contribution in [0.25, 0.3) is 0 Å². The van der Waals surface area contributed by atoms with Gasteiger partial charge < -0.3 is 5.73 Å². The van der Waals surface area contributed by atoms with E-state index in [-0.39, 0.29) is 11.5 Å². The van der Waals surface area contributed by atoms with Crippen molar-refractivity contribution < 1.29 is 12.8 Å². The summed E-state index contributed by atoms with van der Waals surface area (Å²) in [4.78, 5) is 3.74. The van der Waals surface area contributed by atoms with Gasteiger partial charge in [0.05, 0.1) is 23.6 Å². The Morgan fingerprint density at radius 1 is 1.55 bits per heavy atom. The molecule has 1 aliphatic carbocycles. The van der Waals surface area contributed by atoms with E-state index in [2.05, 4.69) is 20.9 Å². The van der Waals surface area contributed by atoms with Crippen LogP contribution in [0.1, 0.15) is 32.3 Å². The molecule has 1 aromatic heterocycles. The van der Waals surface area contributed by atoms with Gasteiger partial charge in [-0.25, -0.2) is 17.8 Å². The molecule has 0 amide bonds. The molecule has 2 N–H and O–H groups in total. The van der Waals surface area contributed by atoms with Crippen molar-refractivity contribution in [3.8, 4) is 6.07 Å². The van der Waals surface area contributed by atoms with E-state index >= 15 is 0 Å². The summed E-state index contributed by atoms with van der Waals surface area (Å²) in [6, 6.07) is 3.29. The molecule has 2 rings (SSSR count). The maximum absolute atomic E-state index is 14.0. The fourth-order valence-electron chi connectivity index (χ4n) is 2.52. The van der Waals surface area contributed by atoms with Gasteiger partial charge in [0, 0.05) is 5.56 Å². The number of pyridine rings is 1. The molecule has 1 aliphatic rings. The Morgan fingerprint density at radius 3 is 2.64 bits per heavy atom. The summed E-state index contributed by atoms with van der Waals surface area (Å²) in [5.41, 5.74) is 4.68. The lowest BCUT2D eigenvalue weighted by Gasteiger charge is -2.30. The smallest absolute Gasteiger partial charge is 0.171 e. The molecule has 120 valence electrons. The molecule has 2 atom stereocenters. The zero-order valence-electron chi connectivity index (χ0n) is 12.3. The predicted octanol–water partition coefficient (Wildman–Crippen LogP) is 2.26. The van der Waals surface area contributed by atoms with Crippen LogP contribution < -0.4 is 5.73 Å². The van der Waals surface area contributed by atoms with Crippen LogP contribution in [0.15, 0.2) is 16.9 Å². The van der Waals surface area contributed by atoms with Gasteiger partial charge in [-0.3, -0.25) is 0 Å². The quantitative estimate of drug-likeness (QED) is 0.778. The molecule has 0 spiro atoms. The van der Waals surface area contributed by atoms with Gasteiger partial charge in [0.2, 0.25) is 0 Å². The highest BCUT2D eigenvalue weighted by Crippen LogP contribution is 2.45. The van der Waals surface area contributed by atoms with Crippen LogP contribution in [-0.2, 0) is 15.4 Å². The normalized spacial score (nSPS) is 20.7. The van der Waals surface area contributed by atoms with Gasteiger partial charge in [0.25, 0.3) is 0 Å². The van der Waals surface area contributed by atoms with Crippen molar-refractivity contribution in [1.29, 1.82) is 5.26 Å². The maximum atomic E-state index is 14.0.